The van der Waals surface area contributed by atoms with E-state index in [9.17, 15) is 9.59 Å². The number of fused-ring (bicyclic) bond motifs is 1. The van der Waals surface area contributed by atoms with E-state index in [0.29, 0.717) is 22.2 Å². The SMILES string of the molecule is CC1=Nc2ccccc2N=C(NC(=O)/C=C/C(=O)O)[C@H]1c1ccc(Cl)cc1. The second kappa shape index (κ2) is 7.97. The molecule has 1 heterocycles. The third kappa shape index (κ3) is 4.48. The summed E-state index contributed by atoms with van der Waals surface area (Å²) in [4.78, 5) is 32.1. The summed E-state index contributed by atoms with van der Waals surface area (Å²) < 4.78 is 0. The van der Waals surface area contributed by atoms with E-state index in [1.54, 1.807) is 18.2 Å². The number of para-hydroxylation sites is 2. The second-order valence-electron chi connectivity index (χ2n) is 5.88. The third-order valence-electron chi connectivity index (χ3n) is 3.94. The molecule has 6 nitrogen and oxygen atoms in total. The number of amides is 1. The number of carboxylic acid groups (broad SMARTS) is 1. The van der Waals surface area contributed by atoms with E-state index in [4.69, 9.17) is 16.7 Å². The van der Waals surface area contributed by atoms with Crippen LogP contribution in [0, 0.1) is 0 Å². The van der Waals surface area contributed by atoms with Crippen LogP contribution in [-0.2, 0) is 9.59 Å². The predicted molar refractivity (Wildman–Crippen MR) is 105 cm³/mol. The van der Waals surface area contributed by atoms with Crippen molar-refractivity contribution < 1.29 is 14.7 Å². The van der Waals surface area contributed by atoms with E-state index in [1.165, 1.54) is 0 Å². The lowest BCUT2D eigenvalue weighted by Crippen LogP contribution is -2.36. The standard InChI is InChI=1S/C20H16ClN3O3/c1-12-19(13-6-8-14(21)9-7-13)20(24-17(25)10-11-18(26)27)23-16-5-3-2-4-15(16)22-12/h2-11,19H,1H3,(H,26,27)(H,23,24,25)/b11-10+/t19-/m1/s1. The molecule has 1 atom stereocenters. The lowest BCUT2D eigenvalue weighted by atomic mass is 9.93. The van der Waals surface area contributed by atoms with Crippen LogP contribution in [0.4, 0.5) is 11.4 Å². The van der Waals surface area contributed by atoms with Crippen LogP contribution in [0.15, 0.2) is 70.7 Å². The third-order valence-corrected chi connectivity index (χ3v) is 4.19. The minimum Gasteiger partial charge on any atom is -0.478 e. The first-order chi connectivity index (χ1) is 12.9. The smallest absolute Gasteiger partial charge is 0.328 e. The van der Waals surface area contributed by atoms with Crippen molar-refractivity contribution in [2.75, 3.05) is 0 Å². The molecule has 0 aromatic heterocycles. The van der Waals surface area contributed by atoms with E-state index in [-0.39, 0.29) is 0 Å². The molecule has 2 aromatic carbocycles. The van der Waals surface area contributed by atoms with Gasteiger partial charge in [-0.2, -0.15) is 0 Å². The number of carboxylic acids is 1. The molecule has 7 heteroatoms. The highest BCUT2D eigenvalue weighted by Gasteiger charge is 2.26. The molecule has 0 unspecified atom stereocenters. The van der Waals surface area contributed by atoms with Gasteiger partial charge in [-0.25, -0.2) is 9.79 Å². The molecule has 2 aromatic rings. The molecule has 3 rings (SSSR count). The summed E-state index contributed by atoms with van der Waals surface area (Å²) in [5.74, 6) is -1.83. The summed E-state index contributed by atoms with van der Waals surface area (Å²) in [6.07, 6.45) is 1.73. The first kappa shape index (κ1) is 18.5. The van der Waals surface area contributed by atoms with Crippen molar-refractivity contribution in [2.24, 2.45) is 9.98 Å². The van der Waals surface area contributed by atoms with Crippen LogP contribution in [-0.4, -0.2) is 28.5 Å². The molecule has 0 spiro atoms. The number of carbonyl (C=O) groups is 2. The van der Waals surface area contributed by atoms with E-state index in [0.717, 1.165) is 23.4 Å². The summed E-state index contributed by atoms with van der Waals surface area (Å²) in [6.45, 7) is 1.86. The van der Waals surface area contributed by atoms with Crippen LogP contribution in [0.25, 0.3) is 0 Å². The highest BCUT2D eigenvalue weighted by molar-refractivity contribution is 6.30. The molecule has 1 aliphatic heterocycles. The largest absolute Gasteiger partial charge is 0.478 e. The van der Waals surface area contributed by atoms with Crippen LogP contribution in [0.5, 0.6) is 0 Å². The second-order valence-corrected chi connectivity index (χ2v) is 6.32. The topological polar surface area (TPSA) is 91.1 Å². The number of aliphatic carboxylic acids is 1. The van der Waals surface area contributed by atoms with E-state index >= 15 is 0 Å². The number of amidine groups is 1. The molecule has 0 saturated heterocycles. The fourth-order valence-corrected chi connectivity index (χ4v) is 2.90. The molecular weight excluding hydrogens is 366 g/mol. The Balaban J connectivity index is 2.06. The van der Waals surface area contributed by atoms with Gasteiger partial charge in [0.1, 0.15) is 5.84 Å². The average Bonchev–Trinajstić information content (AvgIpc) is 2.76. The zero-order valence-electron chi connectivity index (χ0n) is 14.4. The molecule has 0 bridgehead atoms. The average molecular weight is 382 g/mol. The van der Waals surface area contributed by atoms with Crippen molar-refractivity contribution in [1.82, 2.24) is 5.32 Å². The van der Waals surface area contributed by atoms with Crippen LogP contribution >= 0.6 is 11.6 Å². The first-order valence-corrected chi connectivity index (χ1v) is 8.52. The van der Waals surface area contributed by atoms with E-state index in [2.05, 4.69) is 15.3 Å². The molecule has 0 saturated carbocycles. The minimum absolute atomic E-state index is 0.364. The first-order valence-electron chi connectivity index (χ1n) is 8.14. The number of aliphatic imine (C=N–C) groups is 2. The highest BCUT2D eigenvalue weighted by atomic mass is 35.5. The number of hydrogen-bond acceptors (Lipinski definition) is 4. The van der Waals surface area contributed by atoms with Gasteiger partial charge in [-0.1, -0.05) is 35.9 Å². The monoisotopic (exact) mass is 381 g/mol. The quantitative estimate of drug-likeness (QED) is 0.786. The number of nitrogens with one attached hydrogen (secondary N) is 1. The maximum absolute atomic E-state index is 12.2. The van der Waals surface area contributed by atoms with Crippen molar-refractivity contribution >= 4 is 46.4 Å². The molecule has 27 heavy (non-hydrogen) atoms. The zero-order valence-corrected chi connectivity index (χ0v) is 15.1. The Morgan fingerprint density at radius 2 is 1.67 bits per heavy atom. The van der Waals surface area contributed by atoms with Crippen molar-refractivity contribution in [1.29, 1.82) is 0 Å². The molecule has 136 valence electrons. The zero-order chi connectivity index (χ0) is 19.4. The number of halogens is 1. The van der Waals surface area contributed by atoms with Crippen LogP contribution in [0.2, 0.25) is 5.02 Å². The Kier molecular flexibility index (Phi) is 5.47. The molecule has 1 amide bonds. The maximum Gasteiger partial charge on any atom is 0.328 e. The number of rotatable bonds is 3. The number of benzene rings is 2. The summed E-state index contributed by atoms with van der Waals surface area (Å²) in [5.41, 5.74) is 2.91. The molecule has 2 N–H and O–H groups in total. The molecule has 0 fully saturated rings. The van der Waals surface area contributed by atoms with Gasteiger partial charge in [0.05, 0.1) is 17.3 Å². The Bertz CT molecular complexity index is 978. The normalized spacial score (nSPS) is 16.1. The lowest BCUT2D eigenvalue weighted by Gasteiger charge is -2.19. The number of carbonyl (C=O) groups excluding carboxylic acids is 1. The Morgan fingerprint density at radius 1 is 1.04 bits per heavy atom. The van der Waals surface area contributed by atoms with Gasteiger partial charge in [0.25, 0.3) is 0 Å². The van der Waals surface area contributed by atoms with Crippen molar-refractivity contribution in [2.45, 2.75) is 12.8 Å². The summed E-state index contributed by atoms with van der Waals surface area (Å²) in [5, 5.41) is 12.0. The van der Waals surface area contributed by atoms with Gasteiger partial charge in [-0.3, -0.25) is 9.79 Å². The molecule has 1 aliphatic rings. The predicted octanol–water partition coefficient (Wildman–Crippen LogP) is 4.02. The van der Waals surface area contributed by atoms with Gasteiger partial charge in [-0.15, -0.1) is 0 Å². The Labute approximate surface area is 160 Å². The summed E-state index contributed by atoms with van der Waals surface area (Å²) in [6, 6.07) is 14.5. The maximum atomic E-state index is 12.2. The Morgan fingerprint density at radius 3 is 2.30 bits per heavy atom. The number of hydrogen-bond donors (Lipinski definition) is 2. The number of nitrogens with zero attached hydrogens (tertiary/aromatic N) is 2. The van der Waals surface area contributed by atoms with Crippen molar-refractivity contribution in [3.8, 4) is 0 Å². The minimum atomic E-state index is -1.20. The lowest BCUT2D eigenvalue weighted by molar-refractivity contribution is -0.131. The van der Waals surface area contributed by atoms with Gasteiger partial charge < -0.3 is 10.4 Å². The van der Waals surface area contributed by atoms with E-state index < -0.39 is 17.8 Å². The van der Waals surface area contributed by atoms with Gasteiger partial charge in [0.15, 0.2) is 0 Å². The van der Waals surface area contributed by atoms with Crippen LogP contribution in [0.3, 0.4) is 0 Å². The highest BCUT2D eigenvalue weighted by Crippen LogP contribution is 2.34. The van der Waals surface area contributed by atoms with Gasteiger partial charge in [0, 0.05) is 22.9 Å². The van der Waals surface area contributed by atoms with Crippen molar-refractivity contribution in [3.63, 3.8) is 0 Å². The fourth-order valence-electron chi connectivity index (χ4n) is 2.77. The Hall–Kier alpha value is -3.25. The molecule has 0 aliphatic carbocycles. The van der Waals surface area contributed by atoms with Gasteiger partial charge >= 0.3 is 5.97 Å². The molecular formula is C20H16ClN3O3. The molecule has 0 radical (unpaired) electrons. The van der Waals surface area contributed by atoms with Crippen LogP contribution < -0.4 is 5.32 Å². The van der Waals surface area contributed by atoms with Gasteiger partial charge in [0.2, 0.25) is 5.91 Å². The fraction of sp³-hybridized carbons (Fsp3) is 0.100. The van der Waals surface area contributed by atoms with Crippen LogP contribution in [0.1, 0.15) is 18.4 Å². The van der Waals surface area contributed by atoms with E-state index in [1.807, 2.05) is 37.3 Å². The summed E-state index contributed by atoms with van der Waals surface area (Å²) >= 11 is 5.99. The van der Waals surface area contributed by atoms with Crippen molar-refractivity contribution in [3.05, 3.63) is 71.3 Å². The van der Waals surface area contributed by atoms with Gasteiger partial charge in [-0.05, 0) is 36.8 Å². The summed E-state index contributed by atoms with van der Waals surface area (Å²) in [7, 11) is 0.